The molecule has 0 aliphatic carbocycles. The van der Waals surface area contributed by atoms with Crippen LogP contribution in [0.4, 0.5) is 0 Å². The highest BCUT2D eigenvalue weighted by molar-refractivity contribution is 5.82. The molecule has 0 saturated heterocycles. The number of H-pyrrole nitrogens is 1. The van der Waals surface area contributed by atoms with E-state index in [2.05, 4.69) is 31.5 Å². The number of phenols is 1. The highest BCUT2D eigenvalue weighted by Gasteiger charge is 2.18. The van der Waals surface area contributed by atoms with Crippen LogP contribution in [0.5, 0.6) is 5.75 Å². The van der Waals surface area contributed by atoms with Crippen molar-refractivity contribution in [3.8, 4) is 5.75 Å². The maximum Gasteiger partial charge on any atom is 0.117 e. The van der Waals surface area contributed by atoms with E-state index in [9.17, 15) is 5.11 Å². The second kappa shape index (κ2) is 3.16. The number of fused-ring (bicyclic) bond motifs is 1. The molecule has 0 atom stereocenters. The van der Waals surface area contributed by atoms with Gasteiger partial charge in [0.15, 0.2) is 0 Å². The molecule has 0 unspecified atom stereocenters. The van der Waals surface area contributed by atoms with Crippen LogP contribution >= 0.6 is 0 Å². The van der Waals surface area contributed by atoms with Crippen molar-refractivity contribution in [3.05, 3.63) is 42.6 Å². The van der Waals surface area contributed by atoms with Crippen molar-refractivity contribution >= 4 is 10.9 Å². The smallest absolute Gasteiger partial charge is 0.117 e. The Balaban J connectivity index is 2.61. The number of phenolic OH excluding ortho intramolecular Hbond substituents is 1. The number of nitrogens with one attached hydrogen (secondary N) is 1. The summed E-state index contributed by atoms with van der Waals surface area (Å²) in [6, 6.07) is 7.43. The molecule has 15 heavy (non-hydrogen) atoms. The minimum atomic E-state index is -0.0748. The lowest BCUT2D eigenvalue weighted by Crippen LogP contribution is -2.12. The van der Waals surface area contributed by atoms with Crippen LogP contribution in [0.15, 0.2) is 36.9 Å². The van der Waals surface area contributed by atoms with Crippen LogP contribution in [0.3, 0.4) is 0 Å². The number of hydrogen-bond acceptors (Lipinski definition) is 1. The van der Waals surface area contributed by atoms with E-state index in [0.717, 1.165) is 16.6 Å². The first-order chi connectivity index (χ1) is 7.03. The van der Waals surface area contributed by atoms with Gasteiger partial charge in [-0.3, -0.25) is 0 Å². The second-order valence-electron chi connectivity index (χ2n) is 4.38. The summed E-state index contributed by atoms with van der Waals surface area (Å²) in [5, 5.41) is 10.5. The number of hydrogen-bond donors (Lipinski definition) is 2. The third-order valence-electron chi connectivity index (χ3n) is 2.81. The standard InChI is InChI=1S/C13H15NO/c1-4-13(2,3)12-7-9-5-6-10(15)8-11(9)14-12/h4-8,14-15H,1H2,2-3H3. The fourth-order valence-corrected chi connectivity index (χ4v) is 1.57. The molecule has 2 aromatic rings. The number of rotatable bonds is 2. The molecule has 2 rings (SSSR count). The van der Waals surface area contributed by atoms with Gasteiger partial charge in [0.25, 0.3) is 0 Å². The Morgan fingerprint density at radius 1 is 1.33 bits per heavy atom. The molecule has 2 N–H and O–H groups in total. The van der Waals surface area contributed by atoms with Gasteiger partial charge < -0.3 is 10.1 Å². The van der Waals surface area contributed by atoms with Crippen LogP contribution in [0, 0.1) is 0 Å². The minimum absolute atomic E-state index is 0.0748. The first kappa shape index (κ1) is 9.84. The SMILES string of the molecule is C=CC(C)(C)c1cc2ccc(O)cc2[nH]1. The number of aromatic amines is 1. The van der Waals surface area contributed by atoms with Gasteiger partial charge in [-0.2, -0.15) is 0 Å². The van der Waals surface area contributed by atoms with Gasteiger partial charge in [-0.15, -0.1) is 6.58 Å². The van der Waals surface area contributed by atoms with E-state index in [0.29, 0.717) is 0 Å². The molecule has 0 radical (unpaired) electrons. The molecule has 0 saturated carbocycles. The van der Waals surface area contributed by atoms with Gasteiger partial charge in [0, 0.05) is 22.7 Å². The first-order valence-electron chi connectivity index (χ1n) is 4.99. The molecule has 0 amide bonds. The number of aromatic hydroxyl groups is 1. The van der Waals surface area contributed by atoms with Crippen LogP contribution in [-0.4, -0.2) is 10.1 Å². The summed E-state index contributed by atoms with van der Waals surface area (Å²) in [6.07, 6.45) is 1.91. The van der Waals surface area contributed by atoms with Crippen molar-refractivity contribution < 1.29 is 5.11 Å². The van der Waals surface area contributed by atoms with E-state index in [-0.39, 0.29) is 11.2 Å². The predicted molar refractivity (Wildman–Crippen MR) is 63.2 cm³/mol. The zero-order chi connectivity index (χ0) is 11.1. The molecule has 0 aliphatic heterocycles. The quantitative estimate of drug-likeness (QED) is 0.718. The Kier molecular flexibility index (Phi) is 2.07. The zero-order valence-electron chi connectivity index (χ0n) is 9.04. The summed E-state index contributed by atoms with van der Waals surface area (Å²) < 4.78 is 0. The van der Waals surface area contributed by atoms with Crippen LogP contribution < -0.4 is 0 Å². The van der Waals surface area contributed by atoms with Gasteiger partial charge >= 0.3 is 0 Å². The van der Waals surface area contributed by atoms with Crippen LogP contribution in [0.25, 0.3) is 10.9 Å². The predicted octanol–water partition coefficient (Wildman–Crippen LogP) is 3.34. The Bertz CT molecular complexity index is 508. The van der Waals surface area contributed by atoms with Crippen molar-refractivity contribution in [1.82, 2.24) is 4.98 Å². The van der Waals surface area contributed by atoms with E-state index in [1.807, 2.05) is 12.1 Å². The number of allylic oxidation sites excluding steroid dienone is 1. The highest BCUT2D eigenvalue weighted by atomic mass is 16.3. The van der Waals surface area contributed by atoms with E-state index in [1.54, 1.807) is 12.1 Å². The van der Waals surface area contributed by atoms with E-state index < -0.39 is 0 Å². The normalized spacial score (nSPS) is 11.9. The topological polar surface area (TPSA) is 36.0 Å². The maximum absolute atomic E-state index is 9.36. The van der Waals surface area contributed by atoms with Crippen LogP contribution in [-0.2, 0) is 5.41 Å². The average molecular weight is 201 g/mol. The molecule has 1 heterocycles. The Morgan fingerprint density at radius 3 is 2.73 bits per heavy atom. The molecule has 2 nitrogen and oxygen atoms in total. The lowest BCUT2D eigenvalue weighted by atomic mass is 9.90. The monoisotopic (exact) mass is 201 g/mol. The van der Waals surface area contributed by atoms with Crippen molar-refractivity contribution in [3.63, 3.8) is 0 Å². The molecule has 0 bridgehead atoms. The second-order valence-corrected chi connectivity index (χ2v) is 4.38. The highest BCUT2D eigenvalue weighted by Crippen LogP contribution is 2.28. The first-order valence-corrected chi connectivity index (χ1v) is 4.99. The summed E-state index contributed by atoms with van der Waals surface area (Å²) in [4.78, 5) is 3.30. The third kappa shape index (κ3) is 1.63. The van der Waals surface area contributed by atoms with E-state index in [1.165, 1.54) is 0 Å². The van der Waals surface area contributed by atoms with Crippen LogP contribution in [0.2, 0.25) is 0 Å². The lowest BCUT2D eigenvalue weighted by Gasteiger charge is -2.17. The molecule has 0 spiro atoms. The molecule has 1 aromatic heterocycles. The molecular formula is C13H15NO. The summed E-state index contributed by atoms with van der Waals surface area (Å²) in [6.45, 7) is 8.03. The van der Waals surface area contributed by atoms with Gasteiger partial charge in [0.05, 0.1) is 0 Å². The molecule has 2 heteroatoms. The molecule has 78 valence electrons. The Morgan fingerprint density at radius 2 is 2.07 bits per heavy atom. The van der Waals surface area contributed by atoms with Gasteiger partial charge in [-0.05, 0) is 23.6 Å². The van der Waals surface area contributed by atoms with Gasteiger partial charge in [0.2, 0.25) is 0 Å². The van der Waals surface area contributed by atoms with Gasteiger partial charge in [-0.25, -0.2) is 0 Å². The van der Waals surface area contributed by atoms with E-state index >= 15 is 0 Å². The number of benzene rings is 1. The van der Waals surface area contributed by atoms with E-state index in [4.69, 9.17) is 0 Å². The lowest BCUT2D eigenvalue weighted by molar-refractivity contribution is 0.476. The van der Waals surface area contributed by atoms with Crippen molar-refractivity contribution in [2.75, 3.05) is 0 Å². The van der Waals surface area contributed by atoms with Gasteiger partial charge in [0.1, 0.15) is 5.75 Å². The average Bonchev–Trinajstić information content (AvgIpc) is 2.61. The third-order valence-corrected chi connectivity index (χ3v) is 2.81. The molecule has 0 aliphatic rings. The Hall–Kier alpha value is -1.70. The fraction of sp³-hybridized carbons (Fsp3) is 0.231. The molecular weight excluding hydrogens is 186 g/mol. The minimum Gasteiger partial charge on any atom is -0.508 e. The molecule has 0 fully saturated rings. The summed E-state index contributed by atoms with van der Waals surface area (Å²) >= 11 is 0. The summed E-state index contributed by atoms with van der Waals surface area (Å²) in [5.41, 5.74) is 1.99. The fourth-order valence-electron chi connectivity index (χ4n) is 1.57. The zero-order valence-corrected chi connectivity index (χ0v) is 9.04. The van der Waals surface area contributed by atoms with Crippen molar-refractivity contribution in [1.29, 1.82) is 0 Å². The largest absolute Gasteiger partial charge is 0.508 e. The summed E-state index contributed by atoms with van der Waals surface area (Å²) in [7, 11) is 0. The van der Waals surface area contributed by atoms with Crippen molar-refractivity contribution in [2.24, 2.45) is 0 Å². The Labute approximate surface area is 89.3 Å². The van der Waals surface area contributed by atoms with Crippen LogP contribution in [0.1, 0.15) is 19.5 Å². The van der Waals surface area contributed by atoms with Gasteiger partial charge in [-0.1, -0.05) is 19.9 Å². The van der Waals surface area contributed by atoms with Crippen molar-refractivity contribution in [2.45, 2.75) is 19.3 Å². The summed E-state index contributed by atoms with van der Waals surface area (Å²) in [5.74, 6) is 0.285. The maximum atomic E-state index is 9.36. The molecule has 1 aromatic carbocycles. The number of aromatic nitrogens is 1.